The van der Waals surface area contributed by atoms with E-state index in [1.54, 1.807) is 0 Å². The van der Waals surface area contributed by atoms with Crippen LogP contribution in [0.3, 0.4) is 0 Å². The third-order valence-corrected chi connectivity index (χ3v) is 11.8. The van der Waals surface area contributed by atoms with Gasteiger partial charge in [-0.25, -0.2) is 9.97 Å². The highest BCUT2D eigenvalue weighted by Gasteiger charge is 2.41. The van der Waals surface area contributed by atoms with E-state index >= 15 is 0 Å². The van der Waals surface area contributed by atoms with Crippen molar-refractivity contribution in [2.75, 3.05) is 0 Å². The van der Waals surface area contributed by atoms with Crippen molar-refractivity contribution in [3.05, 3.63) is 217 Å². The van der Waals surface area contributed by atoms with Crippen LogP contribution < -0.4 is 0 Å². The molecule has 0 amide bonds. The van der Waals surface area contributed by atoms with Crippen molar-refractivity contribution in [2.24, 2.45) is 0 Å². The van der Waals surface area contributed by atoms with Gasteiger partial charge in [-0.1, -0.05) is 176 Å². The molecule has 0 atom stereocenters. The van der Waals surface area contributed by atoms with Crippen molar-refractivity contribution in [1.29, 1.82) is 0 Å². The van der Waals surface area contributed by atoms with Crippen LogP contribution in [0.1, 0.15) is 23.6 Å². The summed E-state index contributed by atoms with van der Waals surface area (Å²) in [5.74, 6) is 0.693. The van der Waals surface area contributed by atoms with Crippen LogP contribution in [-0.2, 0) is 5.41 Å². The summed E-state index contributed by atoms with van der Waals surface area (Å²) >= 11 is 0. The monoisotopic (exact) mass is 728 g/mol. The average molecular weight is 729 g/mol. The van der Waals surface area contributed by atoms with Gasteiger partial charge in [0.1, 0.15) is 11.2 Å². The van der Waals surface area contributed by atoms with Gasteiger partial charge < -0.3 is 4.42 Å². The van der Waals surface area contributed by atoms with Crippen LogP contribution in [0, 0.1) is 0 Å². The maximum atomic E-state index is 6.10. The molecule has 0 radical (unpaired) electrons. The van der Waals surface area contributed by atoms with Gasteiger partial charge >= 0.3 is 0 Å². The number of aromatic nitrogens is 2. The standard InChI is InChI=1S/C54H36N2O/c1-54(47-24-12-8-19-41(47)42-20-9-13-25-48(42)54)46-23-11-7-18-40(46)39-17-5-6-21-43(39)50-34-49(55-53(56-50)37-15-3-2-4-16-37)36-29-27-35(28-30-36)38-31-32-52-45(33-38)44-22-10-14-26-51(44)57-52/h2-34H,1H3. The Kier molecular flexibility index (Phi) is 7.61. The van der Waals surface area contributed by atoms with E-state index in [0.717, 1.165) is 66.7 Å². The Bertz CT molecular complexity index is 3090. The molecule has 0 fully saturated rings. The highest BCUT2D eigenvalue weighted by molar-refractivity contribution is 6.06. The molecule has 1 aliphatic carbocycles. The summed E-state index contributed by atoms with van der Waals surface area (Å²) in [6, 6.07) is 71.1. The summed E-state index contributed by atoms with van der Waals surface area (Å²) in [6.07, 6.45) is 0. The van der Waals surface area contributed by atoms with Crippen LogP contribution in [0.2, 0.25) is 0 Å². The molecule has 0 saturated carbocycles. The van der Waals surface area contributed by atoms with Gasteiger partial charge in [0.2, 0.25) is 0 Å². The summed E-state index contributed by atoms with van der Waals surface area (Å²) in [7, 11) is 0. The molecule has 3 heteroatoms. The van der Waals surface area contributed by atoms with E-state index in [1.807, 2.05) is 30.3 Å². The average Bonchev–Trinajstić information content (AvgIpc) is 3.79. The van der Waals surface area contributed by atoms with Gasteiger partial charge in [0.15, 0.2) is 5.82 Å². The minimum atomic E-state index is -0.347. The van der Waals surface area contributed by atoms with Gasteiger partial charge in [0.25, 0.3) is 0 Å². The topological polar surface area (TPSA) is 38.9 Å². The fraction of sp³-hybridized carbons (Fsp3) is 0.0370. The predicted octanol–water partition coefficient (Wildman–Crippen LogP) is 14.0. The molecule has 2 aromatic heterocycles. The lowest BCUT2D eigenvalue weighted by Crippen LogP contribution is -2.23. The smallest absolute Gasteiger partial charge is 0.160 e. The fourth-order valence-electron chi connectivity index (χ4n) is 9.03. The first kappa shape index (κ1) is 33.0. The number of furan rings is 1. The number of hydrogen-bond donors (Lipinski definition) is 0. The summed E-state index contributed by atoms with van der Waals surface area (Å²) in [4.78, 5) is 10.5. The lowest BCUT2D eigenvalue weighted by Gasteiger charge is -2.31. The van der Waals surface area contributed by atoms with E-state index in [0.29, 0.717) is 5.82 Å². The highest BCUT2D eigenvalue weighted by Crippen LogP contribution is 2.54. The minimum Gasteiger partial charge on any atom is -0.456 e. The molecule has 57 heavy (non-hydrogen) atoms. The second kappa shape index (κ2) is 13.1. The maximum Gasteiger partial charge on any atom is 0.160 e. The second-order valence-corrected chi connectivity index (χ2v) is 15.0. The molecule has 0 saturated heterocycles. The van der Waals surface area contributed by atoms with E-state index < -0.39 is 0 Å². The second-order valence-electron chi connectivity index (χ2n) is 15.0. The number of benzene rings is 8. The van der Waals surface area contributed by atoms with E-state index in [9.17, 15) is 0 Å². The molecule has 1 aliphatic rings. The molecule has 0 aliphatic heterocycles. The van der Waals surface area contributed by atoms with Crippen molar-refractivity contribution in [3.63, 3.8) is 0 Å². The molecule has 0 unspecified atom stereocenters. The Balaban J connectivity index is 1.04. The molecule has 268 valence electrons. The largest absolute Gasteiger partial charge is 0.456 e. The van der Waals surface area contributed by atoms with Gasteiger partial charge in [-0.05, 0) is 81.3 Å². The normalized spacial score (nSPS) is 12.8. The summed E-state index contributed by atoms with van der Waals surface area (Å²) in [5, 5.41) is 2.25. The quantitative estimate of drug-likeness (QED) is 0.171. The SMILES string of the molecule is CC1(c2ccccc2-c2ccccc2-c2cc(-c3ccc(-c4ccc5oc6ccccc6c5c4)cc3)nc(-c3ccccc3)n2)c2ccccc2-c2ccccc21. The highest BCUT2D eigenvalue weighted by atomic mass is 16.3. The number of nitrogens with zero attached hydrogens (tertiary/aromatic N) is 2. The van der Waals surface area contributed by atoms with Crippen LogP contribution in [0.25, 0.3) is 89.2 Å². The molecule has 2 heterocycles. The molecule has 0 N–H and O–H groups in total. The van der Waals surface area contributed by atoms with Crippen molar-refractivity contribution in [3.8, 4) is 67.3 Å². The summed E-state index contributed by atoms with van der Waals surface area (Å²) in [5.41, 5.74) is 17.4. The van der Waals surface area contributed by atoms with Crippen LogP contribution in [0.5, 0.6) is 0 Å². The molecule has 10 aromatic rings. The first-order chi connectivity index (χ1) is 28.1. The van der Waals surface area contributed by atoms with E-state index in [-0.39, 0.29) is 5.41 Å². The zero-order valence-electron chi connectivity index (χ0n) is 31.4. The van der Waals surface area contributed by atoms with Gasteiger partial charge in [-0.2, -0.15) is 0 Å². The molecule has 8 aromatic carbocycles. The maximum absolute atomic E-state index is 6.10. The molecular weight excluding hydrogens is 693 g/mol. The number of hydrogen-bond acceptors (Lipinski definition) is 3. The van der Waals surface area contributed by atoms with Crippen LogP contribution >= 0.6 is 0 Å². The van der Waals surface area contributed by atoms with E-state index in [2.05, 4.69) is 177 Å². The van der Waals surface area contributed by atoms with Crippen molar-refractivity contribution >= 4 is 21.9 Å². The summed E-state index contributed by atoms with van der Waals surface area (Å²) < 4.78 is 6.10. The van der Waals surface area contributed by atoms with Crippen LogP contribution in [-0.4, -0.2) is 9.97 Å². The van der Waals surface area contributed by atoms with Gasteiger partial charge in [0.05, 0.1) is 11.4 Å². The zero-order valence-corrected chi connectivity index (χ0v) is 31.4. The van der Waals surface area contributed by atoms with E-state index in [1.165, 1.54) is 33.4 Å². The first-order valence-corrected chi connectivity index (χ1v) is 19.5. The summed E-state index contributed by atoms with van der Waals surface area (Å²) in [6.45, 7) is 2.38. The Morgan fingerprint density at radius 2 is 0.842 bits per heavy atom. The van der Waals surface area contributed by atoms with Crippen molar-refractivity contribution < 1.29 is 4.42 Å². The number of fused-ring (bicyclic) bond motifs is 6. The van der Waals surface area contributed by atoms with E-state index in [4.69, 9.17) is 14.4 Å². The van der Waals surface area contributed by atoms with Crippen molar-refractivity contribution in [1.82, 2.24) is 9.97 Å². The first-order valence-electron chi connectivity index (χ1n) is 19.5. The Morgan fingerprint density at radius 3 is 1.53 bits per heavy atom. The predicted molar refractivity (Wildman–Crippen MR) is 234 cm³/mol. The van der Waals surface area contributed by atoms with Gasteiger partial charge in [-0.3, -0.25) is 0 Å². The molecule has 0 spiro atoms. The zero-order chi connectivity index (χ0) is 37.9. The third-order valence-electron chi connectivity index (χ3n) is 11.8. The number of rotatable bonds is 6. The Hall–Kier alpha value is -7.36. The van der Waals surface area contributed by atoms with Gasteiger partial charge in [0, 0.05) is 32.9 Å². The van der Waals surface area contributed by atoms with Gasteiger partial charge in [-0.15, -0.1) is 0 Å². The molecule has 0 bridgehead atoms. The number of para-hydroxylation sites is 1. The third kappa shape index (κ3) is 5.35. The fourth-order valence-corrected chi connectivity index (χ4v) is 9.03. The Labute approximate surface area is 331 Å². The Morgan fingerprint density at radius 1 is 0.351 bits per heavy atom. The minimum absolute atomic E-state index is 0.347. The molecule has 3 nitrogen and oxygen atoms in total. The van der Waals surface area contributed by atoms with Crippen molar-refractivity contribution in [2.45, 2.75) is 12.3 Å². The molecule has 11 rings (SSSR count). The lowest BCUT2D eigenvalue weighted by molar-refractivity contribution is 0.669. The lowest BCUT2D eigenvalue weighted by atomic mass is 9.71. The van der Waals surface area contributed by atoms with Crippen LogP contribution in [0.4, 0.5) is 0 Å². The van der Waals surface area contributed by atoms with Crippen LogP contribution in [0.15, 0.2) is 205 Å². The molecular formula is C54H36N2O.